The van der Waals surface area contributed by atoms with Crippen molar-refractivity contribution in [2.45, 2.75) is 32.6 Å². The number of carbonyl (C=O) groups is 2. The maximum atomic E-state index is 12.2. The molecule has 3 N–H and O–H groups in total. The number of amides is 1. The van der Waals surface area contributed by atoms with Gasteiger partial charge < -0.3 is 15.3 Å². The van der Waals surface area contributed by atoms with E-state index < -0.39 is 27.7 Å². The Balaban J connectivity index is 1.78. The molecule has 0 saturated carbocycles. The Morgan fingerprint density at radius 1 is 1.04 bits per heavy atom. The summed E-state index contributed by atoms with van der Waals surface area (Å²) in [5.41, 5.74) is 2.33. The van der Waals surface area contributed by atoms with Gasteiger partial charge in [0.1, 0.15) is 28.7 Å². The van der Waals surface area contributed by atoms with Gasteiger partial charge in [-0.05, 0) is 37.5 Å². The summed E-state index contributed by atoms with van der Waals surface area (Å²) >= 11 is 12.9. The summed E-state index contributed by atoms with van der Waals surface area (Å²) in [5.74, 6) is -1.76. The van der Waals surface area contributed by atoms with Crippen LogP contribution in [0, 0.1) is 11.3 Å². The van der Waals surface area contributed by atoms with Crippen LogP contribution in [0.2, 0.25) is 10.0 Å². The maximum absolute atomic E-state index is 12.2. The van der Waals surface area contributed by atoms with Crippen LogP contribution in [0.15, 0.2) is 71.2 Å². The van der Waals surface area contributed by atoms with Gasteiger partial charge in [0.2, 0.25) is 5.91 Å². The van der Waals surface area contributed by atoms with Crippen LogP contribution in [0.4, 0.5) is 22.9 Å². The number of carboxylic acids is 1. The molecule has 0 aliphatic carbocycles. The lowest BCUT2D eigenvalue weighted by Gasteiger charge is -2.25. The van der Waals surface area contributed by atoms with Crippen molar-refractivity contribution >= 4 is 68.1 Å². The molecular formula is C31H30Cl2N8O6S. The number of hydrogen-bond donors (Lipinski definition) is 3. The number of hydrogen-bond acceptors (Lipinski definition) is 10. The van der Waals surface area contributed by atoms with Crippen LogP contribution in [-0.4, -0.2) is 63.6 Å². The second-order valence-corrected chi connectivity index (χ2v) is 12.8. The molecule has 17 heteroatoms. The third-order valence-electron chi connectivity index (χ3n) is 6.87. The zero-order valence-electron chi connectivity index (χ0n) is 25.5. The number of nitrogens with zero attached hydrogens (tertiary/aromatic N) is 7. The Bertz CT molecular complexity index is 1960. The summed E-state index contributed by atoms with van der Waals surface area (Å²) < 4.78 is 32.7. The standard InChI is InChI=1S/C31H30Cl2N8O6S/c1-20(42)36-27-16-22(40(14-7-10-28(43)44)13-5-6-15-48(45,46)47)11-12-26(27)37-38-31-23(17-34)29(21-8-3-2-4-9-21)39-41(31)30-24(32)18-35-19-25(30)33/h2-4,8-9,11-12,16,18-19H,5-7,10,13-15H2,1H3,(H,36,42)(H,43,44)(H,45,46,47). The van der Waals surface area contributed by atoms with E-state index in [0.29, 0.717) is 42.9 Å². The first kappa shape index (κ1) is 36.0. The van der Waals surface area contributed by atoms with Crippen LogP contribution in [-0.2, 0) is 19.7 Å². The van der Waals surface area contributed by atoms with Gasteiger partial charge in [0.25, 0.3) is 10.1 Å². The molecule has 0 aliphatic rings. The molecule has 1 amide bonds. The topological polar surface area (TPSA) is 203 Å². The average molecular weight is 714 g/mol. The van der Waals surface area contributed by atoms with E-state index in [4.69, 9.17) is 32.9 Å². The van der Waals surface area contributed by atoms with E-state index in [1.54, 1.807) is 42.5 Å². The fourth-order valence-corrected chi connectivity index (χ4v) is 5.84. The van der Waals surface area contributed by atoms with Crippen molar-refractivity contribution in [3.63, 3.8) is 0 Å². The molecule has 2 heterocycles. The zero-order valence-corrected chi connectivity index (χ0v) is 27.9. The van der Waals surface area contributed by atoms with E-state index in [1.807, 2.05) is 11.0 Å². The molecule has 0 spiro atoms. The van der Waals surface area contributed by atoms with Gasteiger partial charge in [0, 0.05) is 50.1 Å². The minimum absolute atomic E-state index is 0.0123. The first-order valence-corrected chi connectivity index (χ1v) is 16.9. The van der Waals surface area contributed by atoms with E-state index in [1.165, 1.54) is 24.0 Å². The molecule has 0 radical (unpaired) electrons. The second-order valence-electron chi connectivity index (χ2n) is 10.4. The van der Waals surface area contributed by atoms with Crippen LogP contribution >= 0.6 is 23.2 Å². The normalized spacial score (nSPS) is 11.4. The van der Waals surface area contributed by atoms with E-state index in [-0.39, 0.29) is 51.3 Å². The number of anilines is 2. The lowest BCUT2D eigenvalue weighted by atomic mass is 10.1. The summed E-state index contributed by atoms with van der Waals surface area (Å²) in [7, 11) is -4.13. The van der Waals surface area contributed by atoms with Gasteiger partial charge >= 0.3 is 5.97 Å². The number of nitrogens with one attached hydrogen (secondary N) is 1. The van der Waals surface area contributed by atoms with E-state index in [0.717, 1.165) is 0 Å². The molecule has 0 unspecified atom stereocenters. The lowest BCUT2D eigenvalue weighted by Crippen LogP contribution is -2.26. The Morgan fingerprint density at radius 3 is 2.35 bits per heavy atom. The summed E-state index contributed by atoms with van der Waals surface area (Å²) in [6.07, 6.45) is 3.53. The zero-order chi connectivity index (χ0) is 34.8. The second kappa shape index (κ2) is 16.3. The SMILES string of the molecule is CC(=O)Nc1cc(N(CCCCS(=O)(=O)O)CCCC(=O)O)ccc1N=Nc1c(C#N)c(-c2ccccc2)nn1-c1c(Cl)cncc1Cl. The van der Waals surface area contributed by atoms with Crippen molar-refractivity contribution in [3.8, 4) is 23.0 Å². The Labute approximate surface area is 286 Å². The van der Waals surface area contributed by atoms with E-state index >= 15 is 0 Å². The molecule has 0 atom stereocenters. The van der Waals surface area contributed by atoms with Crippen molar-refractivity contribution in [2.75, 3.05) is 29.1 Å². The third-order valence-corrected chi connectivity index (χ3v) is 8.23. The lowest BCUT2D eigenvalue weighted by molar-refractivity contribution is -0.137. The third kappa shape index (κ3) is 9.58. The predicted molar refractivity (Wildman–Crippen MR) is 181 cm³/mol. The number of unbranched alkanes of at least 4 members (excludes halogenated alkanes) is 1. The summed E-state index contributed by atoms with van der Waals surface area (Å²) in [4.78, 5) is 29.2. The molecule has 0 saturated heterocycles. The van der Waals surface area contributed by atoms with Crippen molar-refractivity contribution in [3.05, 3.63) is 76.5 Å². The Hall–Kier alpha value is -4.88. The first-order valence-electron chi connectivity index (χ1n) is 14.5. The minimum atomic E-state index is -4.13. The number of aliphatic carboxylic acids is 1. The smallest absolute Gasteiger partial charge is 0.303 e. The number of halogens is 2. The molecule has 2 aromatic carbocycles. The van der Waals surface area contributed by atoms with Crippen LogP contribution in [0.1, 0.15) is 38.2 Å². The molecular weight excluding hydrogens is 683 g/mol. The van der Waals surface area contributed by atoms with Crippen LogP contribution in [0.25, 0.3) is 16.9 Å². The Morgan fingerprint density at radius 2 is 1.73 bits per heavy atom. The molecule has 4 aromatic rings. The number of rotatable bonds is 15. The number of pyridine rings is 1. The number of aromatic nitrogens is 3. The maximum Gasteiger partial charge on any atom is 0.303 e. The van der Waals surface area contributed by atoms with Gasteiger partial charge in [0.15, 0.2) is 5.82 Å². The van der Waals surface area contributed by atoms with Gasteiger partial charge in [-0.15, -0.1) is 10.2 Å². The molecule has 0 fully saturated rings. The summed E-state index contributed by atoms with van der Waals surface area (Å²) in [5, 5.41) is 35.8. The van der Waals surface area contributed by atoms with Crippen LogP contribution in [0.5, 0.6) is 0 Å². The molecule has 250 valence electrons. The molecule has 48 heavy (non-hydrogen) atoms. The average Bonchev–Trinajstić information content (AvgIpc) is 3.39. The van der Waals surface area contributed by atoms with E-state index in [9.17, 15) is 23.3 Å². The number of azo groups is 1. The van der Waals surface area contributed by atoms with Gasteiger partial charge in [-0.1, -0.05) is 53.5 Å². The van der Waals surface area contributed by atoms with Crippen molar-refractivity contribution in [1.29, 1.82) is 5.26 Å². The highest BCUT2D eigenvalue weighted by molar-refractivity contribution is 7.85. The summed E-state index contributed by atoms with van der Waals surface area (Å²) in [6, 6.07) is 16.0. The molecule has 14 nitrogen and oxygen atoms in total. The van der Waals surface area contributed by atoms with Crippen molar-refractivity contribution < 1.29 is 27.7 Å². The molecule has 0 aliphatic heterocycles. The fourth-order valence-electron chi connectivity index (χ4n) is 4.74. The fraction of sp³-hybridized carbons (Fsp3) is 0.258. The minimum Gasteiger partial charge on any atom is -0.481 e. The first-order chi connectivity index (χ1) is 22.9. The summed E-state index contributed by atoms with van der Waals surface area (Å²) in [6.45, 7) is 1.98. The number of carboxylic acid groups (broad SMARTS) is 1. The highest BCUT2D eigenvalue weighted by atomic mass is 35.5. The monoisotopic (exact) mass is 712 g/mol. The van der Waals surface area contributed by atoms with Crippen LogP contribution in [0.3, 0.4) is 0 Å². The number of benzene rings is 2. The van der Waals surface area contributed by atoms with E-state index in [2.05, 4.69) is 31.7 Å². The van der Waals surface area contributed by atoms with Crippen molar-refractivity contribution in [2.24, 2.45) is 10.2 Å². The number of carbonyl (C=O) groups excluding carboxylic acids is 1. The Kier molecular flexibility index (Phi) is 12.2. The van der Waals surface area contributed by atoms with Gasteiger partial charge in [0.05, 0.1) is 21.5 Å². The highest BCUT2D eigenvalue weighted by Gasteiger charge is 2.24. The quantitative estimate of drug-likeness (QED) is 0.0666. The van der Waals surface area contributed by atoms with Crippen LogP contribution < -0.4 is 10.2 Å². The molecule has 4 rings (SSSR count). The molecule has 0 bridgehead atoms. The van der Waals surface area contributed by atoms with Gasteiger partial charge in [-0.2, -0.15) is 18.8 Å². The molecule has 2 aromatic heterocycles. The number of nitriles is 1. The predicted octanol–water partition coefficient (Wildman–Crippen LogP) is 6.83. The highest BCUT2D eigenvalue weighted by Crippen LogP contribution is 2.39. The van der Waals surface area contributed by atoms with Crippen molar-refractivity contribution in [1.82, 2.24) is 14.8 Å². The van der Waals surface area contributed by atoms with Gasteiger partial charge in [-0.3, -0.25) is 19.1 Å². The largest absolute Gasteiger partial charge is 0.481 e. The van der Waals surface area contributed by atoms with Gasteiger partial charge in [-0.25, -0.2) is 4.68 Å².